The van der Waals surface area contributed by atoms with Gasteiger partial charge in [0.2, 0.25) is 0 Å². The number of para-hydroxylation sites is 2. The Morgan fingerprint density at radius 2 is 1.70 bits per heavy atom. The lowest BCUT2D eigenvalue weighted by molar-refractivity contribution is 0.102. The molecule has 0 radical (unpaired) electrons. The second-order valence-electron chi connectivity index (χ2n) is 7.02. The summed E-state index contributed by atoms with van der Waals surface area (Å²) in [7, 11) is 4.58. The smallest absolute Gasteiger partial charge is 0.266 e. The Balaban J connectivity index is 1.78. The number of nitrogens with one attached hydrogen (secondary N) is 2. The summed E-state index contributed by atoms with van der Waals surface area (Å²) in [6.07, 6.45) is 0. The number of H-pyrrole nitrogens is 1. The molecule has 9 heteroatoms. The number of ether oxygens (including phenoxy) is 3. The number of rotatable bonds is 6. The Morgan fingerprint density at radius 3 is 2.42 bits per heavy atom. The van der Waals surface area contributed by atoms with Gasteiger partial charge in [0.25, 0.3) is 11.5 Å². The van der Waals surface area contributed by atoms with Crippen LogP contribution in [0.4, 0.5) is 5.69 Å². The molecular formula is C24H21N3O5S. The van der Waals surface area contributed by atoms with Crippen molar-refractivity contribution < 1.29 is 19.0 Å². The minimum atomic E-state index is -0.350. The van der Waals surface area contributed by atoms with Crippen molar-refractivity contribution in [3.8, 4) is 22.9 Å². The average molecular weight is 464 g/mol. The normalized spacial score (nSPS) is 10.6. The molecule has 4 aromatic rings. The summed E-state index contributed by atoms with van der Waals surface area (Å²) in [6, 6.07) is 17.0. The van der Waals surface area contributed by atoms with Gasteiger partial charge in [0.1, 0.15) is 17.2 Å². The molecule has 168 valence electrons. The number of aromatic amines is 1. The Labute approximate surface area is 194 Å². The highest BCUT2D eigenvalue weighted by Gasteiger charge is 2.15. The van der Waals surface area contributed by atoms with E-state index < -0.39 is 0 Å². The van der Waals surface area contributed by atoms with Crippen molar-refractivity contribution in [2.75, 3.05) is 26.6 Å². The van der Waals surface area contributed by atoms with Crippen LogP contribution >= 0.6 is 12.2 Å². The molecular weight excluding hydrogens is 442 g/mol. The van der Waals surface area contributed by atoms with E-state index in [9.17, 15) is 9.59 Å². The van der Waals surface area contributed by atoms with Gasteiger partial charge >= 0.3 is 0 Å². The largest absolute Gasteiger partial charge is 0.497 e. The van der Waals surface area contributed by atoms with Gasteiger partial charge in [-0.2, -0.15) is 0 Å². The van der Waals surface area contributed by atoms with Gasteiger partial charge in [-0.25, -0.2) is 4.57 Å². The zero-order chi connectivity index (χ0) is 23.5. The van der Waals surface area contributed by atoms with E-state index in [1.807, 2.05) is 6.07 Å². The van der Waals surface area contributed by atoms with Crippen LogP contribution in [0.2, 0.25) is 0 Å². The number of aromatic nitrogens is 2. The molecule has 0 saturated heterocycles. The lowest BCUT2D eigenvalue weighted by Crippen LogP contribution is -2.21. The maximum atomic E-state index is 13.3. The predicted octanol–water partition coefficient (Wildman–Crippen LogP) is 4.33. The molecule has 33 heavy (non-hydrogen) atoms. The van der Waals surface area contributed by atoms with Crippen LogP contribution in [-0.2, 0) is 0 Å². The van der Waals surface area contributed by atoms with Crippen molar-refractivity contribution in [2.45, 2.75) is 0 Å². The minimum Gasteiger partial charge on any atom is -0.497 e. The van der Waals surface area contributed by atoms with Gasteiger partial charge in [0, 0.05) is 11.6 Å². The van der Waals surface area contributed by atoms with Gasteiger partial charge in [0.15, 0.2) is 4.77 Å². The maximum Gasteiger partial charge on any atom is 0.266 e. The van der Waals surface area contributed by atoms with Crippen molar-refractivity contribution in [3.05, 3.63) is 81.4 Å². The number of carbonyl (C=O) groups excluding carboxylic acids is 1. The number of hydrogen-bond donors (Lipinski definition) is 2. The summed E-state index contributed by atoms with van der Waals surface area (Å²) in [4.78, 5) is 29.2. The Bertz CT molecular complexity index is 1480. The molecule has 0 atom stereocenters. The topological polar surface area (TPSA) is 94.6 Å². The second kappa shape index (κ2) is 9.17. The van der Waals surface area contributed by atoms with Crippen LogP contribution in [0, 0.1) is 4.77 Å². The highest BCUT2D eigenvalue weighted by molar-refractivity contribution is 7.71. The van der Waals surface area contributed by atoms with E-state index in [-0.39, 0.29) is 16.2 Å². The van der Waals surface area contributed by atoms with Crippen LogP contribution < -0.4 is 25.1 Å². The van der Waals surface area contributed by atoms with Crippen molar-refractivity contribution in [3.63, 3.8) is 0 Å². The molecule has 2 N–H and O–H groups in total. The van der Waals surface area contributed by atoms with E-state index in [0.717, 1.165) is 0 Å². The molecule has 1 amide bonds. The molecule has 0 aliphatic heterocycles. The Hall–Kier alpha value is -4.11. The lowest BCUT2D eigenvalue weighted by atomic mass is 10.1. The number of benzene rings is 3. The maximum absolute atomic E-state index is 13.3. The number of methoxy groups -OCH3 is 3. The van der Waals surface area contributed by atoms with Crippen molar-refractivity contribution in [1.29, 1.82) is 0 Å². The Morgan fingerprint density at radius 1 is 0.939 bits per heavy atom. The van der Waals surface area contributed by atoms with Crippen LogP contribution in [0.5, 0.6) is 17.2 Å². The molecule has 0 spiro atoms. The molecule has 0 saturated carbocycles. The summed E-state index contributed by atoms with van der Waals surface area (Å²) >= 11 is 5.48. The van der Waals surface area contributed by atoms with Crippen molar-refractivity contribution >= 4 is 34.7 Å². The monoisotopic (exact) mass is 463 g/mol. The third kappa shape index (κ3) is 4.18. The molecule has 8 nitrogen and oxygen atoms in total. The van der Waals surface area contributed by atoms with E-state index in [2.05, 4.69) is 10.3 Å². The summed E-state index contributed by atoms with van der Waals surface area (Å²) in [6.45, 7) is 0. The number of carbonyl (C=O) groups is 1. The number of fused-ring (bicyclic) bond motifs is 1. The average Bonchev–Trinajstić information content (AvgIpc) is 2.83. The van der Waals surface area contributed by atoms with E-state index in [1.165, 1.54) is 25.9 Å². The van der Waals surface area contributed by atoms with Crippen LogP contribution in [0.3, 0.4) is 0 Å². The standard InChI is InChI=1S/C24H21N3O5S/c1-30-15-9-11-21(32-3)19(13-15)27-23(29)16-10-8-14(12-18(16)26-24(27)33)22(28)25-17-6-4-5-7-20(17)31-2/h4-13H,1-3H3,(H,25,28)(H,26,33). The molecule has 0 fully saturated rings. The first-order chi connectivity index (χ1) is 16.0. The van der Waals surface area contributed by atoms with Crippen LogP contribution in [-0.4, -0.2) is 36.8 Å². The molecule has 0 unspecified atom stereocenters. The van der Waals surface area contributed by atoms with Crippen molar-refractivity contribution in [1.82, 2.24) is 9.55 Å². The fourth-order valence-corrected chi connectivity index (χ4v) is 3.78. The lowest BCUT2D eigenvalue weighted by Gasteiger charge is -2.14. The number of hydrogen-bond acceptors (Lipinski definition) is 6. The summed E-state index contributed by atoms with van der Waals surface area (Å²) in [5.74, 6) is 1.21. The van der Waals surface area contributed by atoms with Gasteiger partial charge in [-0.1, -0.05) is 12.1 Å². The fraction of sp³-hybridized carbons (Fsp3) is 0.125. The van der Waals surface area contributed by atoms with Crippen molar-refractivity contribution in [2.24, 2.45) is 0 Å². The molecule has 0 bridgehead atoms. The number of anilines is 1. The van der Waals surface area contributed by atoms with E-state index in [1.54, 1.807) is 54.6 Å². The molecule has 1 heterocycles. The van der Waals surface area contributed by atoms with E-state index >= 15 is 0 Å². The fourth-order valence-electron chi connectivity index (χ4n) is 3.49. The molecule has 1 aromatic heterocycles. The van der Waals surface area contributed by atoms with Gasteiger partial charge in [-0.15, -0.1) is 0 Å². The molecule has 0 aliphatic rings. The zero-order valence-electron chi connectivity index (χ0n) is 18.2. The SMILES string of the molecule is COc1ccc(OC)c(-n2c(=S)[nH]c3cc(C(=O)Nc4ccccc4OC)ccc3c2=O)c1. The van der Waals surface area contributed by atoms with Gasteiger partial charge in [-0.3, -0.25) is 9.59 Å². The molecule has 0 aliphatic carbocycles. The first kappa shape index (κ1) is 22.1. The second-order valence-corrected chi connectivity index (χ2v) is 7.41. The number of amides is 1. The third-order valence-corrected chi connectivity index (χ3v) is 5.43. The quantitative estimate of drug-likeness (QED) is 0.414. The predicted molar refractivity (Wildman–Crippen MR) is 129 cm³/mol. The van der Waals surface area contributed by atoms with E-state index in [0.29, 0.717) is 45.1 Å². The van der Waals surface area contributed by atoms with Gasteiger partial charge in [-0.05, 0) is 54.7 Å². The summed E-state index contributed by atoms with van der Waals surface area (Å²) in [5.41, 5.74) is 1.43. The van der Waals surface area contributed by atoms with E-state index in [4.69, 9.17) is 26.4 Å². The molecule has 4 rings (SSSR count). The number of nitrogens with zero attached hydrogens (tertiary/aromatic N) is 1. The minimum absolute atomic E-state index is 0.154. The molecule has 3 aromatic carbocycles. The van der Waals surface area contributed by atoms with Gasteiger partial charge < -0.3 is 24.5 Å². The Kier molecular flexibility index (Phi) is 6.14. The highest BCUT2D eigenvalue weighted by Crippen LogP contribution is 2.28. The van der Waals surface area contributed by atoms with Gasteiger partial charge in [0.05, 0.1) is 43.6 Å². The van der Waals surface area contributed by atoms with Crippen LogP contribution in [0.25, 0.3) is 16.6 Å². The first-order valence-corrected chi connectivity index (χ1v) is 10.3. The highest BCUT2D eigenvalue weighted by atomic mass is 32.1. The van der Waals surface area contributed by atoms with Crippen LogP contribution in [0.1, 0.15) is 10.4 Å². The third-order valence-electron chi connectivity index (χ3n) is 5.14. The summed E-state index contributed by atoms with van der Waals surface area (Å²) < 4.78 is 17.5. The first-order valence-electron chi connectivity index (χ1n) is 9.92. The van der Waals surface area contributed by atoms with Crippen LogP contribution in [0.15, 0.2) is 65.5 Å². The zero-order valence-corrected chi connectivity index (χ0v) is 19.0. The summed E-state index contributed by atoms with van der Waals surface area (Å²) in [5, 5.41) is 3.18.